The molecule has 2 aromatic rings. The van der Waals surface area contributed by atoms with Crippen LogP contribution in [0.3, 0.4) is 0 Å². The molecule has 190 valence electrons. The van der Waals surface area contributed by atoms with Crippen molar-refractivity contribution >= 4 is 17.5 Å². The molecule has 35 heavy (non-hydrogen) atoms. The van der Waals surface area contributed by atoms with E-state index < -0.39 is 11.6 Å². The summed E-state index contributed by atoms with van der Waals surface area (Å²) in [6.07, 6.45) is 1.98. The Morgan fingerprint density at radius 1 is 0.943 bits per heavy atom. The standard InChI is InChI=1S/C28H37F2N3O2/c1-5-27(34)33-15-9-13-31(20(2)3)12-8-14-32(19-23-16-24(29)25(30)18-26(23)33)28(35)17-22-11-7-6-10-21(22)4/h6-7,10-11,16,18,20H,5,8-9,12-15,17,19H2,1-4H3. The maximum absolute atomic E-state index is 14.4. The van der Waals surface area contributed by atoms with Gasteiger partial charge in [-0.15, -0.1) is 0 Å². The van der Waals surface area contributed by atoms with Gasteiger partial charge in [-0.05, 0) is 56.4 Å². The molecule has 1 aliphatic rings. The Kier molecular flexibility index (Phi) is 9.38. The topological polar surface area (TPSA) is 43.9 Å². The molecule has 0 aromatic heterocycles. The van der Waals surface area contributed by atoms with Crippen LogP contribution < -0.4 is 4.90 Å². The molecule has 2 amide bonds. The molecule has 0 unspecified atom stereocenters. The number of aryl methyl sites for hydroxylation is 1. The van der Waals surface area contributed by atoms with E-state index in [4.69, 9.17) is 0 Å². The van der Waals surface area contributed by atoms with Gasteiger partial charge in [0.1, 0.15) is 0 Å². The lowest BCUT2D eigenvalue weighted by molar-refractivity contribution is -0.131. The van der Waals surface area contributed by atoms with E-state index in [0.717, 1.165) is 49.2 Å². The Labute approximate surface area is 207 Å². The molecule has 1 heterocycles. The van der Waals surface area contributed by atoms with E-state index in [1.165, 1.54) is 0 Å². The highest BCUT2D eigenvalue weighted by Gasteiger charge is 2.25. The number of fused-ring (bicyclic) bond motifs is 1. The zero-order valence-corrected chi connectivity index (χ0v) is 21.3. The van der Waals surface area contributed by atoms with E-state index in [2.05, 4.69) is 18.7 Å². The van der Waals surface area contributed by atoms with Crippen LogP contribution in [0, 0.1) is 18.6 Å². The minimum Gasteiger partial charge on any atom is -0.338 e. The monoisotopic (exact) mass is 485 g/mol. The van der Waals surface area contributed by atoms with Crippen molar-refractivity contribution in [1.29, 1.82) is 0 Å². The number of hydrogen-bond donors (Lipinski definition) is 0. The molecule has 0 radical (unpaired) electrons. The van der Waals surface area contributed by atoms with Gasteiger partial charge in [-0.1, -0.05) is 31.2 Å². The fourth-order valence-electron chi connectivity index (χ4n) is 4.63. The van der Waals surface area contributed by atoms with E-state index in [-0.39, 0.29) is 31.2 Å². The van der Waals surface area contributed by atoms with Gasteiger partial charge >= 0.3 is 0 Å². The lowest BCUT2D eigenvalue weighted by Crippen LogP contribution is -2.41. The summed E-state index contributed by atoms with van der Waals surface area (Å²) in [5.41, 5.74) is 2.78. The third-order valence-electron chi connectivity index (χ3n) is 6.76. The van der Waals surface area contributed by atoms with E-state index >= 15 is 0 Å². The molecule has 0 N–H and O–H groups in total. The zero-order valence-electron chi connectivity index (χ0n) is 21.3. The smallest absolute Gasteiger partial charge is 0.227 e. The fourth-order valence-corrected chi connectivity index (χ4v) is 4.63. The first-order chi connectivity index (χ1) is 16.7. The number of carbonyl (C=O) groups excluding carboxylic acids is 2. The maximum atomic E-state index is 14.4. The molecule has 2 aromatic carbocycles. The molecular weight excluding hydrogens is 448 g/mol. The third-order valence-corrected chi connectivity index (χ3v) is 6.76. The SMILES string of the molecule is CCC(=O)N1CCCN(C(C)C)CCCN(C(=O)Cc2ccccc2C)Cc2cc(F)c(F)cc21. The molecule has 0 fully saturated rings. The van der Waals surface area contributed by atoms with Gasteiger partial charge in [0, 0.05) is 51.3 Å². The Bertz CT molecular complexity index is 1040. The number of amides is 2. The molecule has 0 aliphatic carbocycles. The van der Waals surface area contributed by atoms with Crippen molar-refractivity contribution in [1.82, 2.24) is 9.80 Å². The van der Waals surface area contributed by atoms with Crippen molar-refractivity contribution in [3.05, 3.63) is 64.7 Å². The average Bonchev–Trinajstić information content (AvgIpc) is 2.82. The maximum Gasteiger partial charge on any atom is 0.227 e. The fraction of sp³-hybridized carbons (Fsp3) is 0.500. The first kappa shape index (κ1) is 26.8. The number of anilines is 1. The Balaban J connectivity index is 2.00. The first-order valence-electron chi connectivity index (χ1n) is 12.6. The zero-order chi connectivity index (χ0) is 25.5. The summed E-state index contributed by atoms with van der Waals surface area (Å²) in [7, 11) is 0. The summed E-state index contributed by atoms with van der Waals surface area (Å²) in [4.78, 5) is 31.9. The first-order valence-corrected chi connectivity index (χ1v) is 12.6. The highest BCUT2D eigenvalue weighted by atomic mass is 19.2. The van der Waals surface area contributed by atoms with Crippen LogP contribution in [0.5, 0.6) is 0 Å². The van der Waals surface area contributed by atoms with Crippen LogP contribution >= 0.6 is 0 Å². The minimum atomic E-state index is -0.994. The predicted molar refractivity (Wildman–Crippen MR) is 135 cm³/mol. The summed E-state index contributed by atoms with van der Waals surface area (Å²) in [6.45, 7) is 10.6. The highest BCUT2D eigenvalue weighted by Crippen LogP contribution is 2.28. The number of benzene rings is 2. The quantitative estimate of drug-likeness (QED) is 0.606. The van der Waals surface area contributed by atoms with Crippen molar-refractivity contribution in [3.63, 3.8) is 0 Å². The second-order valence-corrected chi connectivity index (χ2v) is 9.55. The summed E-state index contributed by atoms with van der Waals surface area (Å²) in [5.74, 6) is -2.19. The lowest BCUT2D eigenvalue weighted by Gasteiger charge is -2.33. The number of hydrogen-bond acceptors (Lipinski definition) is 3. The van der Waals surface area contributed by atoms with Crippen LogP contribution in [-0.4, -0.2) is 53.8 Å². The molecule has 0 saturated heterocycles. The van der Waals surface area contributed by atoms with Crippen molar-refractivity contribution in [2.45, 2.75) is 66.0 Å². The average molecular weight is 486 g/mol. The van der Waals surface area contributed by atoms with Crippen LogP contribution in [0.25, 0.3) is 0 Å². The van der Waals surface area contributed by atoms with Gasteiger partial charge in [-0.2, -0.15) is 0 Å². The molecule has 0 saturated carbocycles. The molecule has 0 spiro atoms. The van der Waals surface area contributed by atoms with E-state index in [1.54, 1.807) is 16.7 Å². The predicted octanol–water partition coefficient (Wildman–Crippen LogP) is 5.09. The summed E-state index contributed by atoms with van der Waals surface area (Å²) < 4.78 is 28.7. The van der Waals surface area contributed by atoms with Crippen LogP contribution in [0.15, 0.2) is 36.4 Å². The molecule has 7 heteroatoms. The molecule has 5 nitrogen and oxygen atoms in total. The number of nitrogens with zero attached hydrogens (tertiary/aromatic N) is 3. The van der Waals surface area contributed by atoms with Gasteiger partial charge in [0.2, 0.25) is 11.8 Å². The summed E-state index contributed by atoms with van der Waals surface area (Å²) in [5, 5.41) is 0. The second kappa shape index (κ2) is 12.2. The molecule has 0 atom stereocenters. The highest BCUT2D eigenvalue weighted by molar-refractivity contribution is 5.94. The van der Waals surface area contributed by atoms with Crippen LogP contribution in [0.2, 0.25) is 0 Å². The number of halogens is 2. The molecule has 1 aliphatic heterocycles. The lowest BCUT2D eigenvalue weighted by atomic mass is 10.0. The Morgan fingerprint density at radius 2 is 1.60 bits per heavy atom. The molecule has 3 rings (SSSR count). The molecule has 0 bridgehead atoms. The van der Waals surface area contributed by atoms with Crippen molar-refractivity contribution in [3.8, 4) is 0 Å². The summed E-state index contributed by atoms with van der Waals surface area (Å²) in [6, 6.07) is 10.3. The van der Waals surface area contributed by atoms with Gasteiger partial charge in [0.05, 0.1) is 12.1 Å². The van der Waals surface area contributed by atoms with E-state index in [9.17, 15) is 18.4 Å². The van der Waals surface area contributed by atoms with E-state index in [1.807, 2.05) is 31.2 Å². The number of carbonyl (C=O) groups is 2. The molecular formula is C28H37F2N3O2. The van der Waals surface area contributed by atoms with Gasteiger partial charge < -0.3 is 14.7 Å². The van der Waals surface area contributed by atoms with Crippen LogP contribution in [-0.2, 0) is 22.6 Å². The largest absolute Gasteiger partial charge is 0.338 e. The van der Waals surface area contributed by atoms with Crippen molar-refractivity contribution < 1.29 is 18.4 Å². The second-order valence-electron chi connectivity index (χ2n) is 9.55. The van der Waals surface area contributed by atoms with Gasteiger partial charge in [-0.3, -0.25) is 9.59 Å². The van der Waals surface area contributed by atoms with Crippen LogP contribution in [0.1, 0.15) is 56.7 Å². The van der Waals surface area contributed by atoms with Gasteiger partial charge in [-0.25, -0.2) is 8.78 Å². The van der Waals surface area contributed by atoms with Crippen molar-refractivity contribution in [2.75, 3.05) is 31.1 Å². The third kappa shape index (κ3) is 6.88. The van der Waals surface area contributed by atoms with Gasteiger partial charge in [0.25, 0.3) is 0 Å². The summed E-state index contributed by atoms with van der Waals surface area (Å²) >= 11 is 0. The minimum absolute atomic E-state index is 0.0727. The normalized spacial score (nSPS) is 16.0. The number of rotatable bonds is 4. The Hall–Kier alpha value is -2.80. The van der Waals surface area contributed by atoms with Crippen molar-refractivity contribution in [2.24, 2.45) is 0 Å². The Morgan fingerprint density at radius 3 is 2.26 bits per heavy atom. The van der Waals surface area contributed by atoms with E-state index in [0.29, 0.717) is 30.4 Å². The van der Waals surface area contributed by atoms with Crippen LogP contribution in [0.4, 0.5) is 14.5 Å². The van der Waals surface area contributed by atoms with Gasteiger partial charge in [0.15, 0.2) is 11.6 Å².